The average molecular weight is 392 g/mol. The zero-order valence-electron chi connectivity index (χ0n) is 14.2. The van der Waals surface area contributed by atoms with E-state index in [1.54, 1.807) is 14.1 Å². The van der Waals surface area contributed by atoms with Gasteiger partial charge >= 0.3 is 6.36 Å². The lowest BCUT2D eigenvalue weighted by Gasteiger charge is -2.25. The first-order valence-electron chi connectivity index (χ1n) is 8.01. The lowest BCUT2D eigenvalue weighted by atomic mass is 10.00. The Morgan fingerprint density at radius 1 is 1.23 bits per heavy atom. The molecule has 6 nitrogen and oxygen atoms in total. The molecule has 0 unspecified atom stereocenters. The van der Waals surface area contributed by atoms with Crippen molar-refractivity contribution in [1.82, 2.24) is 9.80 Å². The minimum atomic E-state index is -4.92. The molecule has 0 radical (unpaired) electrons. The monoisotopic (exact) mass is 392 g/mol. The van der Waals surface area contributed by atoms with Crippen LogP contribution in [-0.2, 0) is 9.84 Å². The summed E-state index contributed by atoms with van der Waals surface area (Å²) < 4.78 is 66.4. The number of hydrogen-bond donors (Lipinski definition) is 0. The SMILES string of the molecule is CN(C)[C@@H]1CS(=O)(=O)[C@H]2CN(C(=O)c3ccccc3OC(F)(F)F)C[C@@H]12. The average Bonchev–Trinajstić information content (AvgIpc) is 3.05. The van der Waals surface area contributed by atoms with Crippen molar-refractivity contribution >= 4 is 15.7 Å². The highest BCUT2D eigenvalue weighted by molar-refractivity contribution is 7.92. The van der Waals surface area contributed by atoms with Crippen LogP contribution in [0.2, 0.25) is 0 Å². The van der Waals surface area contributed by atoms with Gasteiger partial charge in [-0.2, -0.15) is 0 Å². The number of carbonyl (C=O) groups excluding carboxylic acids is 1. The Kier molecular flexibility index (Phi) is 4.68. The Labute approximate surface area is 149 Å². The quantitative estimate of drug-likeness (QED) is 0.778. The fraction of sp³-hybridized carbons (Fsp3) is 0.562. The number of ether oxygens (including phenoxy) is 1. The molecule has 0 bridgehead atoms. The highest BCUT2D eigenvalue weighted by Gasteiger charge is 2.53. The number of amides is 1. The molecule has 2 saturated heterocycles. The number of hydrogen-bond acceptors (Lipinski definition) is 5. The van der Waals surface area contributed by atoms with Gasteiger partial charge in [-0.3, -0.25) is 4.79 Å². The van der Waals surface area contributed by atoms with Crippen LogP contribution < -0.4 is 4.74 Å². The van der Waals surface area contributed by atoms with E-state index < -0.39 is 33.1 Å². The Morgan fingerprint density at radius 2 is 1.88 bits per heavy atom. The van der Waals surface area contributed by atoms with Crippen LogP contribution in [0.25, 0.3) is 0 Å². The van der Waals surface area contributed by atoms with Gasteiger partial charge in [-0.15, -0.1) is 13.2 Å². The molecule has 0 saturated carbocycles. The van der Waals surface area contributed by atoms with Crippen LogP contribution in [0.3, 0.4) is 0 Å². The first-order valence-corrected chi connectivity index (χ1v) is 9.73. The number of carbonyl (C=O) groups is 1. The van der Waals surface area contributed by atoms with Crippen molar-refractivity contribution in [2.75, 3.05) is 32.9 Å². The van der Waals surface area contributed by atoms with E-state index in [0.717, 1.165) is 6.07 Å². The second kappa shape index (κ2) is 6.41. The standard InChI is InChI=1S/C16H19F3N2O4S/c1-20(2)12-9-26(23,24)14-8-21(7-11(12)14)15(22)10-5-3-4-6-13(10)25-16(17,18)19/h3-6,11-12,14H,7-9H2,1-2H3/t11-,12+,14-/m0/s1. The number of fused-ring (bicyclic) bond motifs is 1. The molecule has 2 aliphatic rings. The summed E-state index contributed by atoms with van der Waals surface area (Å²) in [7, 11) is 0.202. The zero-order chi connectivity index (χ0) is 19.3. The van der Waals surface area contributed by atoms with E-state index in [4.69, 9.17) is 0 Å². The Balaban J connectivity index is 1.85. The summed E-state index contributed by atoms with van der Waals surface area (Å²) in [5.41, 5.74) is -0.233. The van der Waals surface area contributed by atoms with E-state index in [1.807, 2.05) is 4.90 Å². The van der Waals surface area contributed by atoms with E-state index in [1.165, 1.54) is 23.1 Å². The summed E-state index contributed by atoms with van der Waals surface area (Å²) in [6.07, 6.45) is -4.92. The van der Waals surface area contributed by atoms with Gasteiger partial charge in [0.1, 0.15) is 5.75 Å². The molecule has 1 amide bonds. The summed E-state index contributed by atoms with van der Waals surface area (Å²) in [5.74, 6) is -1.47. The Bertz CT molecular complexity index is 810. The van der Waals surface area contributed by atoms with Gasteiger partial charge in [-0.1, -0.05) is 12.1 Å². The fourth-order valence-electron chi connectivity index (χ4n) is 3.76. The number of sulfone groups is 1. The maximum Gasteiger partial charge on any atom is 0.573 e. The van der Waals surface area contributed by atoms with E-state index in [2.05, 4.69) is 4.74 Å². The zero-order valence-corrected chi connectivity index (χ0v) is 15.0. The molecule has 0 spiro atoms. The maximum atomic E-state index is 12.7. The highest BCUT2D eigenvalue weighted by atomic mass is 32.2. The number of para-hydroxylation sites is 1. The minimum Gasteiger partial charge on any atom is -0.405 e. The smallest absolute Gasteiger partial charge is 0.405 e. The predicted molar refractivity (Wildman–Crippen MR) is 87.6 cm³/mol. The molecule has 2 heterocycles. The van der Waals surface area contributed by atoms with Crippen molar-refractivity contribution in [2.24, 2.45) is 5.92 Å². The first-order chi connectivity index (χ1) is 12.0. The lowest BCUT2D eigenvalue weighted by Crippen LogP contribution is -2.38. The van der Waals surface area contributed by atoms with Gasteiger partial charge in [0, 0.05) is 25.0 Å². The van der Waals surface area contributed by atoms with Crippen LogP contribution >= 0.6 is 0 Å². The third-order valence-electron chi connectivity index (χ3n) is 4.96. The van der Waals surface area contributed by atoms with Crippen LogP contribution in [-0.4, -0.2) is 74.7 Å². The molecule has 3 atom stereocenters. The largest absolute Gasteiger partial charge is 0.573 e. The number of rotatable bonds is 3. The predicted octanol–water partition coefficient (Wildman–Crippen LogP) is 1.38. The number of likely N-dealkylation sites (tertiary alicyclic amines) is 1. The Morgan fingerprint density at radius 3 is 2.50 bits per heavy atom. The topological polar surface area (TPSA) is 66.9 Å². The summed E-state index contributed by atoms with van der Waals surface area (Å²) in [6.45, 7) is 0.169. The molecule has 10 heteroatoms. The van der Waals surface area contributed by atoms with Gasteiger partial charge in [-0.05, 0) is 26.2 Å². The Hall–Kier alpha value is -1.81. The van der Waals surface area contributed by atoms with E-state index in [9.17, 15) is 26.4 Å². The van der Waals surface area contributed by atoms with Crippen molar-refractivity contribution in [2.45, 2.75) is 17.7 Å². The van der Waals surface area contributed by atoms with Crippen LogP contribution in [0.1, 0.15) is 10.4 Å². The van der Waals surface area contributed by atoms with Crippen LogP contribution in [0, 0.1) is 5.92 Å². The normalized spacial score (nSPS) is 27.6. The van der Waals surface area contributed by atoms with Crippen molar-refractivity contribution in [3.05, 3.63) is 29.8 Å². The fourth-order valence-corrected chi connectivity index (χ4v) is 6.23. The van der Waals surface area contributed by atoms with Gasteiger partial charge < -0.3 is 14.5 Å². The van der Waals surface area contributed by atoms with Crippen molar-refractivity contribution in [3.63, 3.8) is 0 Å². The molecule has 144 valence electrons. The van der Waals surface area contributed by atoms with Crippen LogP contribution in [0.15, 0.2) is 24.3 Å². The maximum absolute atomic E-state index is 12.7. The van der Waals surface area contributed by atoms with E-state index in [0.29, 0.717) is 0 Å². The second-order valence-corrected chi connectivity index (χ2v) is 9.08. The van der Waals surface area contributed by atoms with E-state index >= 15 is 0 Å². The number of benzene rings is 1. The van der Waals surface area contributed by atoms with Crippen LogP contribution in [0.5, 0.6) is 5.75 Å². The number of nitrogens with zero attached hydrogens (tertiary/aromatic N) is 2. The molecule has 0 aromatic heterocycles. The number of alkyl halides is 3. The number of halogens is 3. The van der Waals surface area contributed by atoms with Gasteiger partial charge in [-0.25, -0.2) is 8.42 Å². The molecule has 1 aromatic rings. The third kappa shape index (κ3) is 3.52. The first kappa shape index (κ1) is 19.0. The summed E-state index contributed by atoms with van der Waals surface area (Å²) in [6, 6.07) is 4.87. The van der Waals surface area contributed by atoms with Gasteiger partial charge in [0.25, 0.3) is 5.91 Å². The lowest BCUT2D eigenvalue weighted by molar-refractivity contribution is -0.274. The molecule has 0 N–H and O–H groups in total. The molecule has 26 heavy (non-hydrogen) atoms. The van der Waals surface area contributed by atoms with Gasteiger partial charge in [0.2, 0.25) is 0 Å². The molecular weight excluding hydrogens is 373 g/mol. The van der Waals surface area contributed by atoms with Crippen LogP contribution in [0.4, 0.5) is 13.2 Å². The van der Waals surface area contributed by atoms with Crippen molar-refractivity contribution < 1.29 is 31.1 Å². The summed E-state index contributed by atoms with van der Waals surface area (Å²) >= 11 is 0. The molecule has 0 aliphatic carbocycles. The van der Waals surface area contributed by atoms with Crippen molar-refractivity contribution in [3.8, 4) is 5.75 Å². The summed E-state index contributed by atoms with van der Waals surface area (Å²) in [4.78, 5) is 15.9. The van der Waals surface area contributed by atoms with Gasteiger partial charge in [0.05, 0.1) is 16.6 Å². The minimum absolute atomic E-state index is 0.0173. The van der Waals surface area contributed by atoms with E-state index in [-0.39, 0.29) is 36.4 Å². The molecule has 2 fully saturated rings. The molecular formula is C16H19F3N2O4S. The third-order valence-corrected chi connectivity index (χ3v) is 7.19. The molecule has 1 aromatic carbocycles. The molecule has 3 rings (SSSR count). The highest BCUT2D eigenvalue weighted by Crippen LogP contribution is 2.37. The summed E-state index contributed by atoms with van der Waals surface area (Å²) in [5, 5.41) is -0.686. The van der Waals surface area contributed by atoms with Crippen molar-refractivity contribution in [1.29, 1.82) is 0 Å². The molecule has 2 aliphatic heterocycles. The second-order valence-electron chi connectivity index (χ2n) is 6.82. The van der Waals surface area contributed by atoms with Gasteiger partial charge in [0.15, 0.2) is 9.84 Å².